The third kappa shape index (κ3) is 4.56. The minimum absolute atomic E-state index is 0.145. The topological polar surface area (TPSA) is 99.1 Å². The van der Waals surface area contributed by atoms with Crippen LogP contribution in [0.2, 0.25) is 0 Å². The minimum Gasteiger partial charge on any atom is -0.467 e. The smallest absolute Gasteiger partial charge is 0.338 e. The van der Waals surface area contributed by atoms with Crippen molar-refractivity contribution in [3.63, 3.8) is 0 Å². The first kappa shape index (κ1) is 23.6. The maximum Gasteiger partial charge on any atom is 0.338 e. The van der Waals surface area contributed by atoms with Gasteiger partial charge in [-0.25, -0.2) is 24.0 Å². The fourth-order valence-corrected chi connectivity index (χ4v) is 3.90. The van der Waals surface area contributed by atoms with Crippen LogP contribution in [-0.4, -0.2) is 49.2 Å². The molecule has 0 saturated carbocycles. The van der Waals surface area contributed by atoms with Gasteiger partial charge in [-0.1, -0.05) is 12.1 Å². The molecule has 0 saturated heterocycles. The van der Waals surface area contributed by atoms with Crippen LogP contribution in [0.25, 0.3) is 0 Å². The van der Waals surface area contributed by atoms with Crippen LogP contribution in [-0.2, 0) is 29.3 Å². The second-order valence-corrected chi connectivity index (χ2v) is 8.53. The number of halogens is 1. The molecule has 10 heteroatoms. The molecule has 1 aromatic heterocycles. The summed E-state index contributed by atoms with van der Waals surface area (Å²) >= 11 is 1.36. The number of amidine groups is 1. The van der Waals surface area contributed by atoms with Crippen molar-refractivity contribution in [3.8, 4) is 0 Å². The Kier molecular flexibility index (Phi) is 6.75. The lowest BCUT2D eigenvalue weighted by molar-refractivity contribution is -0.164. The van der Waals surface area contributed by atoms with Crippen molar-refractivity contribution in [2.45, 2.75) is 31.9 Å². The Morgan fingerprint density at radius 1 is 1.19 bits per heavy atom. The number of thiazole rings is 1. The molecule has 0 radical (unpaired) electrons. The molecular weight excluding hydrogens is 437 g/mol. The zero-order chi connectivity index (χ0) is 23.5. The molecule has 0 spiro atoms. The summed E-state index contributed by atoms with van der Waals surface area (Å²) in [5, 5.41) is 5.50. The largest absolute Gasteiger partial charge is 0.467 e. The number of hydrogen-bond donors (Lipinski definition) is 1. The highest BCUT2D eigenvalue weighted by atomic mass is 32.1. The van der Waals surface area contributed by atoms with E-state index in [0.717, 1.165) is 0 Å². The lowest BCUT2D eigenvalue weighted by Gasteiger charge is -2.35. The number of benzene rings is 1. The van der Waals surface area contributed by atoms with Gasteiger partial charge in [-0.15, -0.1) is 11.3 Å². The predicted molar refractivity (Wildman–Crippen MR) is 117 cm³/mol. The minimum atomic E-state index is -1.27. The van der Waals surface area contributed by atoms with E-state index in [0.29, 0.717) is 22.1 Å². The predicted octanol–water partition coefficient (Wildman–Crippen LogP) is 2.94. The van der Waals surface area contributed by atoms with E-state index in [4.69, 9.17) is 19.2 Å². The summed E-state index contributed by atoms with van der Waals surface area (Å²) in [5.41, 5.74) is -1.42. The highest BCUT2D eigenvalue weighted by Gasteiger charge is 2.43. The van der Waals surface area contributed by atoms with Crippen molar-refractivity contribution in [2.24, 2.45) is 4.99 Å². The van der Waals surface area contributed by atoms with Gasteiger partial charge < -0.3 is 19.5 Å². The number of nitrogens with one attached hydrogen (secondary N) is 1. The highest BCUT2D eigenvalue weighted by Crippen LogP contribution is 2.39. The third-order valence-electron chi connectivity index (χ3n) is 5.08. The van der Waals surface area contributed by atoms with Gasteiger partial charge in [-0.3, -0.25) is 0 Å². The monoisotopic (exact) mass is 461 g/mol. The van der Waals surface area contributed by atoms with Crippen LogP contribution in [0.3, 0.4) is 0 Å². The maximum absolute atomic E-state index is 13.6. The number of carbonyl (C=O) groups is 2. The van der Waals surface area contributed by atoms with Crippen LogP contribution in [0, 0.1) is 5.82 Å². The summed E-state index contributed by atoms with van der Waals surface area (Å²) in [6.45, 7) is 4.71. The molecule has 8 nitrogen and oxygen atoms in total. The zero-order valence-electron chi connectivity index (χ0n) is 18.4. The normalized spacial score (nSPS) is 18.6. The Labute approximate surface area is 189 Å². The first-order valence-corrected chi connectivity index (χ1v) is 10.6. The molecule has 0 fully saturated rings. The van der Waals surface area contributed by atoms with Crippen LogP contribution in [0.4, 0.5) is 4.39 Å². The molecule has 2 aromatic rings. The molecule has 3 rings (SSSR count). The summed E-state index contributed by atoms with van der Waals surface area (Å²) < 4.78 is 29.3. The van der Waals surface area contributed by atoms with Crippen LogP contribution in [0.5, 0.6) is 0 Å². The van der Waals surface area contributed by atoms with Crippen molar-refractivity contribution in [1.29, 1.82) is 0 Å². The van der Waals surface area contributed by atoms with Gasteiger partial charge in [0.2, 0.25) is 0 Å². The zero-order valence-corrected chi connectivity index (χ0v) is 19.2. The van der Waals surface area contributed by atoms with Crippen molar-refractivity contribution >= 4 is 29.1 Å². The van der Waals surface area contributed by atoms with E-state index in [1.807, 2.05) is 0 Å². The number of methoxy groups -OCH3 is 2. The first-order chi connectivity index (χ1) is 15.1. The molecule has 0 aliphatic carbocycles. The lowest BCUT2D eigenvalue weighted by Crippen LogP contribution is -2.44. The van der Waals surface area contributed by atoms with Gasteiger partial charge in [-0.2, -0.15) is 0 Å². The molecule has 1 unspecified atom stereocenters. The Hall–Kier alpha value is -3.11. The van der Waals surface area contributed by atoms with Crippen LogP contribution < -0.4 is 5.32 Å². The number of hydrogen-bond acceptors (Lipinski definition) is 9. The Morgan fingerprint density at radius 3 is 2.44 bits per heavy atom. The number of esters is 2. The van der Waals surface area contributed by atoms with Crippen LogP contribution >= 0.6 is 11.3 Å². The van der Waals surface area contributed by atoms with Crippen molar-refractivity contribution < 1.29 is 28.2 Å². The van der Waals surface area contributed by atoms with Gasteiger partial charge in [0.05, 0.1) is 32.1 Å². The number of rotatable bonds is 7. The second kappa shape index (κ2) is 9.17. The Morgan fingerprint density at radius 2 is 1.88 bits per heavy atom. The molecule has 0 bridgehead atoms. The van der Waals surface area contributed by atoms with Crippen LogP contribution in [0.1, 0.15) is 31.3 Å². The fourth-order valence-electron chi connectivity index (χ4n) is 3.32. The van der Waals surface area contributed by atoms with Gasteiger partial charge in [0, 0.05) is 11.6 Å². The van der Waals surface area contributed by atoms with E-state index in [1.165, 1.54) is 37.7 Å². The Balaban J connectivity index is 2.14. The maximum atomic E-state index is 13.6. The number of aliphatic imine (C=N–C) groups is 1. The lowest BCUT2D eigenvalue weighted by atomic mass is 9.82. The number of carbonyl (C=O) groups excluding carboxylic acids is 2. The molecule has 0 amide bonds. The molecule has 2 heterocycles. The van der Waals surface area contributed by atoms with Crippen LogP contribution in [0.15, 0.2) is 52.1 Å². The average Bonchev–Trinajstić information content (AvgIpc) is 3.31. The molecule has 1 N–H and O–H groups in total. The Bertz CT molecular complexity index is 1060. The van der Waals surface area contributed by atoms with Gasteiger partial charge >= 0.3 is 11.9 Å². The second-order valence-electron chi connectivity index (χ2n) is 7.64. The van der Waals surface area contributed by atoms with E-state index in [1.54, 1.807) is 44.5 Å². The number of aromatic nitrogens is 1. The molecule has 1 aliphatic heterocycles. The molecule has 1 atom stereocenters. The van der Waals surface area contributed by atoms with Gasteiger partial charge in [0.25, 0.3) is 0 Å². The summed E-state index contributed by atoms with van der Waals surface area (Å²) in [7, 11) is 2.53. The SMILES string of the molecule is COC(=O)C1=C(COC(C)(C)C(=O)OC)NC(c2nccs2)=NC1(C)c1ccc(F)cc1. The van der Waals surface area contributed by atoms with Crippen molar-refractivity contribution in [2.75, 3.05) is 20.8 Å². The molecule has 32 heavy (non-hydrogen) atoms. The van der Waals surface area contributed by atoms with E-state index in [-0.39, 0.29) is 12.2 Å². The molecule has 1 aliphatic rings. The third-order valence-corrected chi connectivity index (χ3v) is 5.86. The van der Waals surface area contributed by atoms with Crippen molar-refractivity contribution in [3.05, 3.63) is 63.5 Å². The van der Waals surface area contributed by atoms with Crippen molar-refractivity contribution in [1.82, 2.24) is 10.3 Å². The quantitative estimate of drug-likeness (QED) is 0.633. The molecule has 1 aromatic carbocycles. The summed E-state index contributed by atoms with van der Waals surface area (Å²) in [4.78, 5) is 34.1. The molecular formula is C22H24FN3O5S. The van der Waals surface area contributed by atoms with Gasteiger partial charge in [-0.05, 0) is 38.5 Å². The highest BCUT2D eigenvalue weighted by molar-refractivity contribution is 7.11. The number of nitrogens with zero attached hydrogens (tertiary/aromatic N) is 2. The fraction of sp³-hybridized carbons (Fsp3) is 0.364. The van der Waals surface area contributed by atoms with E-state index in [9.17, 15) is 14.0 Å². The standard InChI is InChI=1S/C22H24FN3O5S/c1-21(2,20(28)30-5)31-12-15-16(19(27)29-4)22(3,13-6-8-14(23)9-7-13)26-17(25-15)18-24-10-11-32-18/h6-11H,12H2,1-5H3,(H,25,26). The molecule has 170 valence electrons. The number of ether oxygens (including phenoxy) is 3. The van der Waals surface area contributed by atoms with E-state index >= 15 is 0 Å². The van der Waals surface area contributed by atoms with E-state index < -0.39 is 28.9 Å². The summed E-state index contributed by atoms with van der Waals surface area (Å²) in [5.74, 6) is -1.21. The first-order valence-electron chi connectivity index (χ1n) is 9.69. The summed E-state index contributed by atoms with van der Waals surface area (Å²) in [6, 6.07) is 5.71. The summed E-state index contributed by atoms with van der Waals surface area (Å²) in [6.07, 6.45) is 1.63. The average molecular weight is 462 g/mol. The van der Waals surface area contributed by atoms with E-state index in [2.05, 4.69) is 10.3 Å². The van der Waals surface area contributed by atoms with Gasteiger partial charge in [0.15, 0.2) is 16.4 Å². The van der Waals surface area contributed by atoms with Gasteiger partial charge in [0.1, 0.15) is 11.4 Å².